The van der Waals surface area contributed by atoms with Gasteiger partial charge in [0.1, 0.15) is 6.04 Å². The van der Waals surface area contributed by atoms with E-state index >= 15 is 0 Å². The predicted molar refractivity (Wildman–Crippen MR) is 139 cm³/mol. The van der Waals surface area contributed by atoms with Gasteiger partial charge in [0.05, 0.1) is 13.2 Å². The molecule has 0 radical (unpaired) electrons. The van der Waals surface area contributed by atoms with Crippen molar-refractivity contribution in [3.8, 4) is 0 Å². The molecule has 1 saturated carbocycles. The van der Waals surface area contributed by atoms with E-state index in [4.69, 9.17) is 13.9 Å². The van der Waals surface area contributed by atoms with Crippen molar-refractivity contribution < 1.29 is 28.3 Å². The highest BCUT2D eigenvalue weighted by atomic mass is 28.4. The fourth-order valence-corrected chi connectivity index (χ4v) is 4.91. The van der Waals surface area contributed by atoms with Gasteiger partial charge in [-0.3, -0.25) is 9.59 Å². The van der Waals surface area contributed by atoms with Crippen LogP contribution < -0.4 is 5.32 Å². The van der Waals surface area contributed by atoms with Crippen molar-refractivity contribution in [2.24, 2.45) is 5.92 Å². The van der Waals surface area contributed by atoms with Gasteiger partial charge >= 0.3 is 11.9 Å². The number of rotatable bonds is 12. The standard InChI is InChI=1S/C27H43NO6Si/c1-8-32-24(29)17-16-23(26(31)33-9-2)28-25(30)20-12-10-19(11-13-20)22-15-14-21(22)18-34-35(6,7)27(3,4)5/h10-13,21-23H,8-9,14-18H2,1-7H3,(H,28,30)/t21?,22?,23-/m0/s1. The third kappa shape index (κ3) is 8.17. The molecule has 7 nitrogen and oxygen atoms in total. The van der Waals surface area contributed by atoms with E-state index < -0.39 is 26.3 Å². The molecule has 1 aliphatic rings. The minimum absolute atomic E-state index is 0.0244. The second-order valence-corrected chi connectivity index (χ2v) is 15.6. The van der Waals surface area contributed by atoms with Gasteiger partial charge in [0.25, 0.3) is 5.91 Å². The van der Waals surface area contributed by atoms with Gasteiger partial charge in [-0.15, -0.1) is 0 Å². The van der Waals surface area contributed by atoms with Crippen molar-refractivity contribution in [1.29, 1.82) is 0 Å². The van der Waals surface area contributed by atoms with Crippen LogP contribution in [-0.4, -0.2) is 52.0 Å². The van der Waals surface area contributed by atoms with Crippen molar-refractivity contribution in [1.82, 2.24) is 5.32 Å². The van der Waals surface area contributed by atoms with Crippen LogP contribution in [0.1, 0.15) is 82.1 Å². The summed E-state index contributed by atoms with van der Waals surface area (Å²) >= 11 is 0. The molecule has 1 fully saturated rings. The molecule has 196 valence electrons. The van der Waals surface area contributed by atoms with Crippen LogP contribution >= 0.6 is 0 Å². The third-order valence-electron chi connectivity index (χ3n) is 7.30. The van der Waals surface area contributed by atoms with Gasteiger partial charge in [0.2, 0.25) is 0 Å². The van der Waals surface area contributed by atoms with Gasteiger partial charge in [0, 0.05) is 18.6 Å². The molecule has 3 atom stereocenters. The maximum atomic E-state index is 12.8. The minimum atomic E-state index is -1.77. The van der Waals surface area contributed by atoms with Crippen LogP contribution in [0.15, 0.2) is 24.3 Å². The molecule has 0 aromatic heterocycles. The van der Waals surface area contributed by atoms with Crippen LogP contribution in [0.3, 0.4) is 0 Å². The van der Waals surface area contributed by atoms with E-state index in [1.54, 1.807) is 26.0 Å². The molecular weight excluding hydrogens is 462 g/mol. The fraction of sp³-hybridized carbons (Fsp3) is 0.667. The molecule has 35 heavy (non-hydrogen) atoms. The highest BCUT2D eigenvalue weighted by Crippen LogP contribution is 2.44. The lowest BCUT2D eigenvalue weighted by molar-refractivity contribution is -0.146. The fourth-order valence-electron chi connectivity index (χ4n) is 3.85. The van der Waals surface area contributed by atoms with E-state index in [9.17, 15) is 14.4 Å². The van der Waals surface area contributed by atoms with E-state index in [1.807, 2.05) is 12.1 Å². The number of hydrogen-bond donors (Lipinski definition) is 1. The van der Waals surface area contributed by atoms with Gasteiger partial charge in [-0.2, -0.15) is 0 Å². The Morgan fingerprint density at radius 2 is 1.66 bits per heavy atom. The normalized spacial score (nSPS) is 18.8. The molecule has 1 N–H and O–H groups in total. The highest BCUT2D eigenvalue weighted by Gasteiger charge is 2.40. The largest absolute Gasteiger partial charge is 0.466 e. The van der Waals surface area contributed by atoms with E-state index in [2.05, 4.69) is 39.2 Å². The Kier molecular flexibility index (Phi) is 10.5. The van der Waals surface area contributed by atoms with Crippen molar-refractivity contribution >= 4 is 26.2 Å². The summed E-state index contributed by atoms with van der Waals surface area (Å²) in [6, 6.07) is 6.67. The molecular formula is C27H43NO6Si. The molecule has 1 aromatic rings. The maximum Gasteiger partial charge on any atom is 0.328 e. The van der Waals surface area contributed by atoms with E-state index in [-0.39, 0.29) is 37.0 Å². The SMILES string of the molecule is CCOC(=O)CC[C@H](NC(=O)c1ccc(C2CCC2CO[Si](C)(C)C(C)(C)C)cc1)C(=O)OCC. The summed E-state index contributed by atoms with van der Waals surface area (Å²) in [6.07, 6.45) is 2.43. The zero-order valence-electron chi connectivity index (χ0n) is 22.4. The Labute approximate surface area is 211 Å². The zero-order valence-corrected chi connectivity index (χ0v) is 23.4. The van der Waals surface area contributed by atoms with Crippen molar-refractivity contribution in [2.75, 3.05) is 19.8 Å². The van der Waals surface area contributed by atoms with Crippen LogP contribution in [0, 0.1) is 5.92 Å². The van der Waals surface area contributed by atoms with Gasteiger partial charge < -0.3 is 19.2 Å². The molecule has 1 aliphatic carbocycles. The number of esters is 2. The number of ether oxygens (including phenoxy) is 2. The molecule has 2 rings (SSSR count). The Hall–Kier alpha value is -2.19. The summed E-state index contributed by atoms with van der Waals surface area (Å²) in [5, 5.41) is 2.91. The predicted octanol–water partition coefficient (Wildman–Crippen LogP) is 5.21. The Morgan fingerprint density at radius 3 is 2.17 bits per heavy atom. The summed E-state index contributed by atoms with van der Waals surface area (Å²) in [5.74, 6) is -0.396. The van der Waals surface area contributed by atoms with E-state index in [0.29, 0.717) is 17.4 Å². The number of hydrogen-bond acceptors (Lipinski definition) is 6. The number of carbonyl (C=O) groups excluding carboxylic acids is 3. The topological polar surface area (TPSA) is 90.9 Å². The van der Waals surface area contributed by atoms with Gasteiger partial charge in [0.15, 0.2) is 8.32 Å². The number of nitrogens with one attached hydrogen (secondary N) is 1. The van der Waals surface area contributed by atoms with Crippen molar-refractivity contribution in [3.05, 3.63) is 35.4 Å². The lowest BCUT2D eigenvalue weighted by Gasteiger charge is -2.42. The van der Waals surface area contributed by atoms with Crippen LogP contribution in [0.2, 0.25) is 18.1 Å². The lowest BCUT2D eigenvalue weighted by Crippen LogP contribution is -2.43. The third-order valence-corrected chi connectivity index (χ3v) is 11.8. The maximum absolute atomic E-state index is 12.8. The minimum Gasteiger partial charge on any atom is -0.466 e. The highest BCUT2D eigenvalue weighted by molar-refractivity contribution is 6.74. The summed E-state index contributed by atoms with van der Waals surface area (Å²) < 4.78 is 16.4. The van der Waals surface area contributed by atoms with Crippen molar-refractivity contribution in [3.63, 3.8) is 0 Å². The molecule has 0 saturated heterocycles. The van der Waals surface area contributed by atoms with Crippen LogP contribution in [0.25, 0.3) is 0 Å². The molecule has 0 aliphatic heterocycles. The molecule has 2 unspecified atom stereocenters. The van der Waals surface area contributed by atoms with E-state index in [1.165, 1.54) is 5.56 Å². The molecule has 0 heterocycles. The summed E-state index contributed by atoms with van der Waals surface area (Å²) in [6.45, 7) is 16.0. The van der Waals surface area contributed by atoms with E-state index in [0.717, 1.165) is 19.4 Å². The quantitative estimate of drug-likeness (QED) is 0.310. The van der Waals surface area contributed by atoms with Gasteiger partial charge in [-0.25, -0.2) is 4.79 Å². The second kappa shape index (κ2) is 12.7. The first-order valence-electron chi connectivity index (χ1n) is 12.8. The Bertz CT molecular complexity index is 861. The van der Waals surface area contributed by atoms with Crippen LogP contribution in [0.5, 0.6) is 0 Å². The number of benzene rings is 1. The van der Waals surface area contributed by atoms with Gasteiger partial charge in [-0.1, -0.05) is 32.9 Å². The van der Waals surface area contributed by atoms with Crippen LogP contribution in [-0.2, 0) is 23.5 Å². The number of carbonyl (C=O) groups is 3. The summed E-state index contributed by atoms with van der Waals surface area (Å²) in [7, 11) is -1.77. The van der Waals surface area contributed by atoms with Crippen molar-refractivity contribution in [2.45, 2.75) is 90.4 Å². The Balaban J connectivity index is 1.98. The lowest BCUT2D eigenvalue weighted by atomic mass is 9.70. The van der Waals surface area contributed by atoms with Gasteiger partial charge in [-0.05, 0) is 80.8 Å². The zero-order chi connectivity index (χ0) is 26.2. The first-order chi connectivity index (χ1) is 16.4. The molecule has 0 spiro atoms. The average molecular weight is 506 g/mol. The number of amides is 1. The molecule has 1 aromatic carbocycles. The first kappa shape index (κ1) is 29.0. The average Bonchev–Trinajstić information content (AvgIpc) is 2.75. The molecule has 8 heteroatoms. The first-order valence-corrected chi connectivity index (χ1v) is 15.7. The molecule has 0 bridgehead atoms. The van der Waals surface area contributed by atoms with Crippen LogP contribution in [0.4, 0.5) is 0 Å². The second-order valence-electron chi connectivity index (χ2n) is 10.8. The molecule has 1 amide bonds. The summed E-state index contributed by atoms with van der Waals surface area (Å²) in [4.78, 5) is 36.8. The monoisotopic (exact) mass is 505 g/mol. The summed E-state index contributed by atoms with van der Waals surface area (Å²) in [5.41, 5.74) is 1.67. The smallest absolute Gasteiger partial charge is 0.328 e. The Morgan fingerprint density at radius 1 is 1.03 bits per heavy atom.